The minimum absolute atomic E-state index is 0.112. The molecule has 3 heterocycles. The fraction of sp³-hybridized carbons (Fsp3) is 0.167. The highest BCUT2D eigenvalue weighted by molar-refractivity contribution is 7.07. The number of carbonyl (C=O) groups excluding carboxylic acids is 1. The molecular formula is C36H30N2O6S. The summed E-state index contributed by atoms with van der Waals surface area (Å²) in [6.07, 6.45) is 1.62. The Bertz CT molecular complexity index is 2120. The van der Waals surface area contributed by atoms with Crippen LogP contribution in [0.5, 0.6) is 0 Å². The van der Waals surface area contributed by atoms with E-state index in [0.29, 0.717) is 38.0 Å². The molecule has 9 heteroatoms. The van der Waals surface area contributed by atoms with Gasteiger partial charge in [0, 0.05) is 17.2 Å². The van der Waals surface area contributed by atoms with Crippen molar-refractivity contribution in [3.63, 3.8) is 0 Å². The summed E-state index contributed by atoms with van der Waals surface area (Å²) in [5, 5.41) is 9.62. The number of ether oxygens (including phenoxy) is 1. The third kappa shape index (κ3) is 5.70. The molecule has 3 aromatic carbocycles. The number of aromatic nitrogens is 1. The Kier molecular flexibility index (Phi) is 8.19. The Morgan fingerprint density at radius 2 is 1.71 bits per heavy atom. The van der Waals surface area contributed by atoms with Crippen LogP contribution in [0.1, 0.15) is 65.5 Å². The molecule has 2 aromatic heterocycles. The first-order valence-electron chi connectivity index (χ1n) is 14.6. The van der Waals surface area contributed by atoms with Crippen LogP contribution in [0.2, 0.25) is 0 Å². The summed E-state index contributed by atoms with van der Waals surface area (Å²) in [5.74, 6) is -0.557. The highest BCUT2D eigenvalue weighted by Crippen LogP contribution is 2.35. The van der Waals surface area contributed by atoms with E-state index in [0.717, 1.165) is 16.7 Å². The largest absolute Gasteiger partial charge is 0.478 e. The number of carboxylic acid groups (broad SMARTS) is 1. The fourth-order valence-corrected chi connectivity index (χ4v) is 6.39. The first-order chi connectivity index (χ1) is 21.8. The van der Waals surface area contributed by atoms with E-state index in [1.165, 1.54) is 17.4 Å². The van der Waals surface area contributed by atoms with E-state index in [1.54, 1.807) is 47.9 Å². The standard InChI is InChI=1S/C36H30N2O6S/c1-4-43-35(42)30-31(23-10-6-5-7-11-23)37-36-38(32(30)24-16-14-22(15-17-24)21(2)3)33(39)29(45-36)20-25-18-19-28(44-25)26-12-8-9-13-27(26)34(40)41/h5-21,32H,4H2,1-3H3,(H,40,41)/b29-20-/t32-/m0/s1. The van der Waals surface area contributed by atoms with Gasteiger partial charge in [0.15, 0.2) is 4.80 Å². The quantitative estimate of drug-likeness (QED) is 0.213. The monoisotopic (exact) mass is 618 g/mol. The maximum Gasteiger partial charge on any atom is 0.338 e. The van der Waals surface area contributed by atoms with Gasteiger partial charge in [0.1, 0.15) is 11.5 Å². The van der Waals surface area contributed by atoms with Gasteiger partial charge >= 0.3 is 11.9 Å². The molecular weight excluding hydrogens is 588 g/mol. The zero-order valence-corrected chi connectivity index (χ0v) is 25.7. The molecule has 0 saturated heterocycles. The average molecular weight is 619 g/mol. The molecule has 1 aliphatic heterocycles. The van der Waals surface area contributed by atoms with Gasteiger partial charge in [0.2, 0.25) is 0 Å². The Morgan fingerprint density at radius 3 is 2.40 bits per heavy atom. The van der Waals surface area contributed by atoms with E-state index >= 15 is 0 Å². The minimum Gasteiger partial charge on any atom is -0.478 e. The van der Waals surface area contributed by atoms with Gasteiger partial charge in [0.05, 0.1) is 34.0 Å². The van der Waals surface area contributed by atoms with Crippen LogP contribution in [0.4, 0.5) is 0 Å². The summed E-state index contributed by atoms with van der Waals surface area (Å²) in [4.78, 5) is 44.9. The maximum absolute atomic E-state index is 14.2. The van der Waals surface area contributed by atoms with Gasteiger partial charge in [-0.3, -0.25) is 9.36 Å². The number of thiazole rings is 1. The van der Waals surface area contributed by atoms with Crippen LogP contribution in [0, 0.1) is 0 Å². The molecule has 0 unspecified atom stereocenters. The van der Waals surface area contributed by atoms with E-state index < -0.39 is 18.0 Å². The molecule has 0 radical (unpaired) electrons. The van der Waals surface area contributed by atoms with E-state index in [2.05, 4.69) is 13.8 Å². The SMILES string of the molecule is CCOC(=O)C1=C(c2ccccc2)N=c2s/c(=C\c3ccc(-c4ccccc4C(=O)O)o3)c(=O)n2[C@H]1c1ccc(C(C)C)cc1. The molecule has 1 aliphatic rings. The molecule has 0 saturated carbocycles. The van der Waals surface area contributed by atoms with Crippen molar-refractivity contribution in [2.45, 2.75) is 32.7 Å². The van der Waals surface area contributed by atoms with Crippen molar-refractivity contribution in [3.05, 3.63) is 144 Å². The lowest BCUT2D eigenvalue weighted by Gasteiger charge is -2.26. The molecule has 6 rings (SSSR count). The lowest BCUT2D eigenvalue weighted by Crippen LogP contribution is -2.40. The topological polar surface area (TPSA) is 111 Å². The third-order valence-corrected chi connectivity index (χ3v) is 8.60. The van der Waals surface area contributed by atoms with Gasteiger partial charge in [-0.05, 0) is 42.2 Å². The Morgan fingerprint density at radius 1 is 1.00 bits per heavy atom. The summed E-state index contributed by atoms with van der Waals surface area (Å²) in [6.45, 7) is 6.13. The average Bonchev–Trinajstić information content (AvgIpc) is 3.64. The molecule has 0 spiro atoms. The van der Waals surface area contributed by atoms with Crippen molar-refractivity contribution in [1.82, 2.24) is 4.57 Å². The lowest BCUT2D eigenvalue weighted by atomic mass is 9.91. The van der Waals surface area contributed by atoms with E-state index in [1.807, 2.05) is 54.6 Å². The fourth-order valence-electron chi connectivity index (χ4n) is 5.41. The molecule has 1 atom stereocenters. The normalized spacial score (nSPS) is 14.8. The molecule has 45 heavy (non-hydrogen) atoms. The first kappa shape index (κ1) is 29.8. The Labute approximate surface area is 262 Å². The van der Waals surface area contributed by atoms with E-state index in [9.17, 15) is 19.5 Å². The number of aromatic carboxylic acids is 1. The number of esters is 1. The van der Waals surface area contributed by atoms with Crippen LogP contribution in [0.3, 0.4) is 0 Å². The number of carboxylic acids is 1. The summed E-state index contributed by atoms with van der Waals surface area (Å²) < 4.78 is 13.4. The minimum atomic E-state index is -1.06. The van der Waals surface area contributed by atoms with Crippen LogP contribution >= 0.6 is 11.3 Å². The highest BCUT2D eigenvalue weighted by atomic mass is 32.1. The zero-order valence-electron chi connectivity index (χ0n) is 24.9. The number of furan rings is 1. The van der Waals surface area contributed by atoms with Crippen LogP contribution in [0.25, 0.3) is 23.1 Å². The summed E-state index contributed by atoms with van der Waals surface area (Å²) >= 11 is 1.19. The molecule has 0 fully saturated rings. The zero-order chi connectivity index (χ0) is 31.7. The van der Waals surface area contributed by atoms with Crippen molar-refractivity contribution >= 4 is 35.0 Å². The molecule has 1 N–H and O–H groups in total. The second-order valence-electron chi connectivity index (χ2n) is 10.8. The highest BCUT2D eigenvalue weighted by Gasteiger charge is 2.35. The number of hydrogen-bond acceptors (Lipinski definition) is 7. The van der Waals surface area contributed by atoms with Crippen LogP contribution in [0.15, 0.2) is 111 Å². The number of carbonyl (C=O) groups is 2. The molecule has 226 valence electrons. The predicted octanol–water partition coefficient (Wildman–Crippen LogP) is 6.02. The number of hydrogen-bond donors (Lipinski definition) is 1. The first-order valence-corrected chi connectivity index (χ1v) is 15.4. The second-order valence-corrected chi connectivity index (χ2v) is 11.8. The van der Waals surface area contributed by atoms with Crippen molar-refractivity contribution < 1.29 is 23.8 Å². The molecule has 8 nitrogen and oxygen atoms in total. The molecule has 5 aromatic rings. The molecule has 0 amide bonds. The summed E-state index contributed by atoms with van der Waals surface area (Å²) in [6, 6.07) is 26.5. The van der Waals surface area contributed by atoms with Gasteiger partial charge in [-0.1, -0.05) is 98.0 Å². The Balaban J connectivity index is 1.55. The van der Waals surface area contributed by atoms with Crippen molar-refractivity contribution in [2.24, 2.45) is 4.99 Å². The van der Waals surface area contributed by atoms with Gasteiger partial charge in [-0.25, -0.2) is 14.6 Å². The van der Waals surface area contributed by atoms with Gasteiger partial charge in [-0.2, -0.15) is 0 Å². The van der Waals surface area contributed by atoms with Crippen molar-refractivity contribution in [2.75, 3.05) is 6.61 Å². The summed E-state index contributed by atoms with van der Waals surface area (Å²) in [7, 11) is 0. The maximum atomic E-state index is 14.2. The van der Waals surface area contributed by atoms with Crippen LogP contribution in [-0.4, -0.2) is 28.2 Å². The lowest BCUT2D eigenvalue weighted by molar-refractivity contribution is -0.138. The van der Waals surface area contributed by atoms with Crippen molar-refractivity contribution in [1.29, 1.82) is 0 Å². The van der Waals surface area contributed by atoms with Gasteiger partial charge < -0.3 is 14.3 Å². The number of nitrogens with zero attached hydrogens (tertiary/aromatic N) is 2. The second kappa shape index (κ2) is 12.4. The number of benzene rings is 3. The van der Waals surface area contributed by atoms with Gasteiger partial charge in [-0.15, -0.1) is 0 Å². The van der Waals surface area contributed by atoms with Crippen molar-refractivity contribution in [3.8, 4) is 11.3 Å². The smallest absolute Gasteiger partial charge is 0.338 e. The number of fused-ring (bicyclic) bond motifs is 1. The van der Waals surface area contributed by atoms with Crippen LogP contribution in [-0.2, 0) is 9.53 Å². The Hall–Kier alpha value is -5.28. The van der Waals surface area contributed by atoms with Crippen LogP contribution < -0.4 is 14.9 Å². The van der Waals surface area contributed by atoms with E-state index in [-0.39, 0.29) is 23.3 Å². The predicted molar refractivity (Wildman–Crippen MR) is 173 cm³/mol. The third-order valence-electron chi connectivity index (χ3n) is 7.62. The number of rotatable bonds is 8. The van der Waals surface area contributed by atoms with E-state index in [4.69, 9.17) is 14.1 Å². The van der Waals surface area contributed by atoms with Gasteiger partial charge in [0.25, 0.3) is 5.56 Å². The molecule has 0 bridgehead atoms. The molecule has 0 aliphatic carbocycles. The summed E-state index contributed by atoms with van der Waals surface area (Å²) in [5.41, 5.74) is 3.56.